The molecule has 4 nitrogen and oxygen atoms in total. The number of benzene rings is 1. The van der Waals surface area contributed by atoms with Crippen LogP contribution in [0.4, 0.5) is 5.82 Å². The Kier molecular flexibility index (Phi) is 5.19. The van der Waals surface area contributed by atoms with Gasteiger partial charge in [-0.1, -0.05) is 37.1 Å². The number of aromatic nitrogens is 1. The quantitative estimate of drug-likeness (QED) is 0.862. The van der Waals surface area contributed by atoms with E-state index in [0.717, 1.165) is 42.8 Å². The molecule has 2 fully saturated rings. The Bertz CT molecular complexity index is 723. The zero-order valence-corrected chi connectivity index (χ0v) is 15.2. The Morgan fingerprint density at radius 1 is 0.962 bits per heavy atom. The molecule has 1 atom stereocenters. The number of amides is 1. The third-order valence-electron chi connectivity index (χ3n) is 5.66. The normalized spacial score (nSPS) is 20.9. The van der Waals surface area contributed by atoms with Gasteiger partial charge >= 0.3 is 0 Å². The van der Waals surface area contributed by atoms with E-state index in [9.17, 15) is 4.79 Å². The minimum absolute atomic E-state index is 0.128. The van der Waals surface area contributed by atoms with Crippen molar-refractivity contribution in [1.29, 1.82) is 0 Å². The van der Waals surface area contributed by atoms with Gasteiger partial charge in [-0.15, -0.1) is 0 Å². The van der Waals surface area contributed by atoms with Crippen LogP contribution in [0.25, 0.3) is 0 Å². The van der Waals surface area contributed by atoms with Crippen LogP contribution in [0.1, 0.15) is 66.9 Å². The second kappa shape index (κ2) is 7.90. The molecule has 2 aromatic rings. The number of piperidine rings is 1. The predicted molar refractivity (Wildman–Crippen MR) is 104 cm³/mol. The molecule has 1 aliphatic heterocycles. The highest BCUT2D eigenvalue weighted by molar-refractivity contribution is 5.94. The minimum atomic E-state index is 0.128. The van der Waals surface area contributed by atoms with E-state index in [0.29, 0.717) is 6.04 Å². The summed E-state index contributed by atoms with van der Waals surface area (Å²) in [6.07, 6.45) is 10.3. The van der Waals surface area contributed by atoms with E-state index in [1.807, 2.05) is 41.4 Å². The molecule has 0 spiro atoms. The Morgan fingerprint density at radius 3 is 2.46 bits per heavy atom. The van der Waals surface area contributed by atoms with Crippen molar-refractivity contribution in [2.45, 2.75) is 57.0 Å². The van der Waals surface area contributed by atoms with E-state index in [4.69, 9.17) is 0 Å². The van der Waals surface area contributed by atoms with Gasteiger partial charge in [0.05, 0.1) is 6.04 Å². The highest BCUT2D eigenvalue weighted by Crippen LogP contribution is 2.32. The van der Waals surface area contributed by atoms with Gasteiger partial charge in [0, 0.05) is 24.3 Å². The lowest BCUT2D eigenvalue weighted by Crippen LogP contribution is -2.38. The lowest BCUT2D eigenvalue weighted by Gasteiger charge is -2.36. The van der Waals surface area contributed by atoms with Crippen LogP contribution in [0.5, 0.6) is 0 Å². The molecular formula is C22H27N3O. The molecule has 2 heterocycles. The zero-order chi connectivity index (χ0) is 17.8. The number of anilines is 1. The maximum absolute atomic E-state index is 13.0. The monoisotopic (exact) mass is 349 g/mol. The Balaban J connectivity index is 1.49. The first-order valence-corrected chi connectivity index (χ1v) is 9.90. The summed E-state index contributed by atoms with van der Waals surface area (Å²) in [4.78, 5) is 19.6. The van der Waals surface area contributed by atoms with E-state index in [-0.39, 0.29) is 11.9 Å². The third-order valence-corrected chi connectivity index (χ3v) is 5.66. The summed E-state index contributed by atoms with van der Waals surface area (Å²) >= 11 is 0. The summed E-state index contributed by atoms with van der Waals surface area (Å²) in [6.45, 7) is 0.820. The molecule has 136 valence electrons. The van der Waals surface area contributed by atoms with Gasteiger partial charge in [0.15, 0.2) is 0 Å². The number of hydrogen-bond acceptors (Lipinski definition) is 3. The van der Waals surface area contributed by atoms with E-state index >= 15 is 0 Å². The highest BCUT2D eigenvalue weighted by atomic mass is 16.2. The first kappa shape index (κ1) is 17.1. The van der Waals surface area contributed by atoms with Crippen LogP contribution in [0.3, 0.4) is 0 Å². The average molecular weight is 349 g/mol. The molecule has 1 amide bonds. The standard InChI is InChI=1S/C22H27N3O/c26-22(17-8-2-1-3-9-17)25-15-7-6-12-20(25)18-13-14-21(23-16-18)24-19-10-4-5-11-19/h1-3,8-9,13-14,16,19-20H,4-7,10-12,15H2,(H,23,24). The van der Waals surface area contributed by atoms with Gasteiger partial charge in [-0.05, 0) is 55.9 Å². The number of likely N-dealkylation sites (tertiary alicyclic amines) is 1. The molecule has 1 unspecified atom stereocenters. The summed E-state index contributed by atoms with van der Waals surface area (Å²) in [6, 6.07) is 14.5. The van der Waals surface area contributed by atoms with E-state index in [2.05, 4.69) is 22.4 Å². The topological polar surface area (TPSA) is 45.2 Å². The van der Waals surface area contributed by atoms with Crippen LogP contribution < -0.4 is 5.32 Å². The van der Waals surface area contributed by atoms with E-state index in [1.54, 1.807) is 0 Å². The molecular weight excluding hydrogens is 322 g/mol. The minimum Gasteiger partial charge on any atom is -0.367 e. The lowest BCUT2D eigenvalue weighted by molar-refractivity contribution is 0.0611. The van der Waals surface area contributed by atoms with Crippen molar-refractivity contribution >= 4 is 11.7 Å². The van der Waals surface area contributed by atoms with Crippen LogP contribution in [0.15, 0.2) is 48.7 Å². The fourth-order valence-electron chi connectivity index (χ4n) is 4.23. The van der Waals surface area contributed by atoms with Crippen molar-refractivity contribution in [3.05, 3.63) is 59.8 Å². The fourth-order valence-corrected chi connectivity index (χ4v) is 4.23. The number of pyridine rings is 1. The first-order chi connectivity index (χ1) is 12.8. The molecule has 0 bridgehead atoms. The van der Waals surface area contributed by atoms with Crippen LogP contribution in [0.2, 0.25) is 0 Å². The zero-order valence-electron chi connectivity index (χ0n) is 15.2. The average Bonchev–Trinajstić information content (AvgIpc) is 3.22. The second-order valence-corrected chi connectivity index (χ2v) is 7.48. The second-order valence-electron chi connectivity index (χ2n) is 7.48. The Labute approximate surface area is 155 Å². The summed E-state index contributed by atoms with van der Waals surface area (Å²) < 4.78 is 0. The Hall–Kier alpha value is -2.36. The van der Waals surface area contributed by atoms with Gasteiger partial charge in [0.25, 0.3) is 5.91 Å². The molecule has 4 rings (SSSR count). The molecule has 1 aliphatic carbocycles. The largest absolute Gasteiger partial charge is 0.367 e. The van der Waals surface area contributed by atoms with Gasteiger partial charge in [0.2, 0.25) is 0 Å². The maximum Gasteiger partial charge on any atom is 0.254 e. The van der Waals surface area contributed by atoms with E-state index < -0.39 is 0 Å². The maximum atomic E-state index is 13.0. The number of nitrogens with one attached hydrogen (secondary N) is 1. The highest BCUT2D eigenvalue weighted by Gasteiger charge is 2.29. The van der Waals surface area contributed by atoms with Crippen molar-refractivity contribution in [3.8, 4) is 0 Å². The van der Waals surface area contributed by atoms with Crippen LogP contribution in [0, 0.1) is 0 Å². The SMILES string of the molecule is O=C(c1ccccc1)N1CCCCC1c1ccc(NC2CCCC2)nc1. The number of hydrogen-bond donors (Lipinski definition) is 1. The smallest absolute Gasteiger partial charge is 0.254 e. The van der Waals surface area contributed by atoms with Gasteiger partial charge in [0.1, 0.15) is 5.82 Å². The van der Waals surface area contributed by atoms with Crippen molar-refractivity contribution in [2.24, 2.45) is 0 Å². The molecule has 1 saturated carbocycles. The number of rotatable bonds is 4. The summed E-state index contributed by atoms with van der Waals surface area (Å²) in [5, 5.41) is 3.54. The van der Waals surface area contributed by atoms with Crippen LogP contribution in [-0.4, -0.2) is 28.4 Å². The van der Waals surface area contributed by atoms with Gasteiger partial charge in [-0.3, -0.25) is 4.79 Å². The number of carbonyl (C=O) groups is 1. The lowest BCUT2D eigenvalue weighted by atomic mass is 9.95. The summed E-state index contributed by atoms with van der Waals surface area (Å²) in [7, 11) is 0. The van der Waals surface area contributed by atoms with Crippen molar-refractivity contribution in [1.82, 2.24) is 9.88 Å². The van der Waals surface area contributed by atoms with Crippen LogP contribution >= 0.6 is 0 Å². The first-order valence-electron chi connectivity index (χ1n) is 9.90. The molecule has 2 aliphatic rings. The van der Waals surface area contributed by atoms with Crippen molar-refractivity contribution in [2.75, 3.05) is 11.9 Å². The van der Waals surface area contributed by atoms with Gasteiger partial charge in [-0.25, -0.2) is 4.98 Å². The summed E-state index contributed by atoms with van der Waals surface area (Å²) in [5.41, 5.74) is 1.91. The molecule has 26 heavy (non-hydrogen) atoms. The predicted octanol–water partition coefficient (Wildman–Crippen LogP) is 4.80. The Morgan fingerprint density at radius 2 is 1.73 bits per heavy atom. The molecule has 0 radical (unpaired) electrons. The molecule has 1 N–H and O–H groups in total. The fraction of sp³-hybridized carbons (Fsp3) is 0.455. The molecule has 1 saturated heterocycles. The van der Waals surface area contributed by atoms with Crippen molar-refractivity contribution < 1.29 is 4.79 Å². The van der Waals surface area contributed by atoms with Gasteiger partial charge < -0.3 is 10.2 Å². The number of carbonyl (C=O) groups excluding carboxylic acids is 1. The molecule has 1 aromatic carbocycles. The molecule has 4 heteroatoms. The van der Waals surface area contributed by atoms with Gasteiger partial charge in [-0.2, -0.15) is 0 Å². The molecule has 1 aromatic heterocycles. The van der Waals surface area contributed by atoms with Crippen LogP contribution in [-0.2, 0) is 0 Å². The third kappa shape index (κ3) is 3.74. The number of nitrogens with zero attached hydrogens (tertiary/aromatic N) is 2. The van der Waals surface area contributed by atoms with Crippen molar-refractivity contribution in [3.63, 3.8) is 0 Å². The van der Waals surface area contributed by atoms with E-state index in [1.165, 1.54) is 25.7 Å². The summed E-state index contributed by atoms with van der Waals surface area (Å²) in [5.74, 6) is 1.08.